The summed E-state index contributed by atoms with van der Waals surface area (Å²) in [5.41, 5.74) is 4.21. The lowest BCUT2D eigenvalue weighted by atomic mass is 10.1. The van der Waals surface area contributed by atoms with Crippen LogP contribution in [0.5, 0.6) is 5.75 Å². The summed E-state index contributed by atoms with van der Waals surface area (Å²) in [5.74, 6) is -0.0570. The maximum absolute atomic E-state index is 13.0. The molecule has 33 heavy (non-hydrogen) atoms. The van der Waals surface area contributed by atoms with E-state index < -0.39 is 0 Å². The number of para-hydroxylation sites is 1. The first-order valence-electron chi connectivity index (χ1n) is 10.4. The third kappa shape index (κ3) is 5.32. The molecule has 166 valence electrons. The molecule has 4 rings (SSSR count). The van der Waals surface area contributed by atoms with Crippen molar-refractivity contribution in [3.05, 3.63) is 94.4 Å². The van der Waals surface area contributed by atoms with Crippen molar-refractivity contribution in [3.8, 4) is 5.75 Å². The molecule has 0 unspecified atom stereocenters. The summed E-state index contributed by atoms with van der Waals surface area (Å²) in [6, 6.07) is 22.2. The van der Waals surface area contributed by atoms with Crippen LogP contribution in [0.4, 0.5) is 11.4 Å². The lowest BCUT2D eigenvalue weighted by Gasteiger charge is -2.14. The van der Waals surface area contributed by atoms with Crippen molar-refractivity contribution in [1.82, 2.24) is 0 Å². The quantitative estimate of drug-likeness (QED) is 0.487. The van der Waals surface area contributed by atoms with Crippen LogP contribution in [0.15, 0.2) is 77.7 Å². The lowest BCUT2D eigenvalue weighted by Crippen LogP contribution is -2.28. The van der Waals surface area contributed by atoms with Gasteiger partial charge in [0.25, 0.3) is 11.8 Å². The number of nitrogens with zero attached hydrogens (tertiary/aromatic N) is 1. The summed E-state index contributed by atoms with van der Waals surface area (Å²) in [4.78, 5) is 27.1. The molecule has 0 spiro atoms. The van der Waals surface area contributed by atoms with Crippen molar-refractivity contribution in [1.29, 1.82) is 5.41 Å². The van der Waals surface area contributed by atoms with E-state index in [4.69, 9.17) is 10.1 Å². The Labute approximate surface area is 196 Å². The van der Waals surface area contributed by atoms with Gasteiger partial charge in [0, 0.05) is 11.3 Å². The molecule has 0 radical (unpaired) electrons. The maximum Gasteiger partial charge on any atom is 0.271 e. The first-order chi connectivity index (χ1) is 15.9. The Bertz CT molecular complexity index is 1230. The zero-order valence-corrected chi connectivity index (χ0v) is 19.1. The highest BCUT2D eigenvalue weighted by atomic mass is 32.2. The molecule has 0 saturated carbocycles. The van der Waals surface area contributed by atoms with Gasteiger partial charge in [0.05, 0.1) is 10.6 Å². The molecule has 1 heterocycles. The molecule has 1 aliphatic rings. The van der Waals surface area contributed by atoms with Crippen LogP contribution < -0.4 is 15.0 Å². The highest BCUT2D eigenvalue weighted by molar-refractivity contribution is 8.19. The zero-order chi connectivity index (χ0) is 23.4. The number of aryl methyl sites for hydroxylation is 2. The van der Waals surface area contributed by atoms with Crippen molar-refractivity contribution in [2.45, 2.75) is 13.8 Å². The van der Waals surface area contributed by atoms with Crippen LogP contribution in [-0.2, 0) is 9.59 Å². The van der Waals surface area contributed by atoms with Gasteiger partial charge in [0.2, 0.25) is 0 Å². The van der Waals surface area contributed by atoms with E-state index in [0.29, 0.717) is 27.6 Å². The average Bonchev–Trinajstić information content (AvgIpc) is 3.08. The minimum Gasteiger partial charge on any atom is -0.483 e. The number of rotatable bonds is 6. The van der Waals surface area contributed by atoms with Crippen LogP contribution in [0, 0.1) is 19.3 Å². The van der Waals surface area contributed by atoms with Gasteiger partial charge in [0.1, 0.15) is 5.75 Å². The monoisotopic (exact) mass is 457 g/mol. The van der Waals surface area contributed by atoms with Crippen LogP contribution in [0.2, 0.25) is 0 Å². The van der Waals surface area contributed by atoms with Gasteiger partial charge in [-0.05, 0) is 62.0 Å². The summed E-state index contributed by atoms with van der Waals surface area (Å²) in [6.45, 7) is 3.79. The molecule has 0 aromatic heterocycles. The molecule has 1 fully saturated rings. The number of carbonyl (C=O) groups is 2. The molecule has 6 nitrogen and oxygen atoms in total. The van der Waals surface area contributed by atoms with Crippen molar-refractivity contribution in [3.63, 3.8) is 0 Å². The summed E-state index contributed by atoms with van der Waals surface area (Å²) >= 11 is 1.10. The fraction of sp³-hybridized carbons (Fsp3) is 0.115. The van der Waals surface area contributed by atoms with Crippen molar-refractivity contribution >= 4 is 46.2 Å². The number of amidine groups is 1. The van der Waals surface area contributed by atoms with Crippen LogP contribution in [-0.4, -0.2) is 23.6 Å². The normalized spacial score (nSPS) is 14.6. The van der Waals surface area contributed by atoms with E-state index in [9.17, 15) is 9.59 Å². The topological polar surface area (TPSA) is 82.5 Å². The van der Waals surface area contributed by atoms with Gasteiger partial charge in [-0.15, -0.1) is 0 Å². The molecule has 2 N–H and O–H groups in total. The Morgan fingerprint density at radius 3 is 2.33 bits per heavy atom. The molecule has 3 aromatic carbocycles. The second-order valence-corrected chi connectivity index (χ2v) is 8.66. The number of anilines is 2. The molecule has 0 aliphatic carbocycles. The fourth-order valence-corrected chi connectivity index (χ4v) is 4.12. The molecule has 0 bridgehead atoms. The Morgan fingerprint density at radius 2 is 1.64 bits per heavy atom. The lowest BCUT2D eigenvalue weighted by molar-refractivity contribution is -0.118. The number of carbonyl (C=O) groups excluding carboxylic acids is 2. The van der Waals surface area contributed by atoms with Gasteiger partial charge in [-0.2, -0.15) is 0 Å². The van der Waals surface area contributed by atoms with Crippen LogP contribution in [0.25, 0.3) is 6.08 Å². The van der Waals surface area contributed by atoms with Crippen molar-refractivity contribution in [2.75, 3.05) is 16.8 Å². The van der Waals surface area contributed by atoms with Crippen LogP contribution in [0.3, 0.4) is 0 Å². The first kappa shape index (κ1) is 22.4. The Kier molecular flexibility index (Phi) is 6.60. The van der Waals surface area contributed by atoms with E-state index in [1.165, 1.54) is 4.90 Å². The predicted molar refractivity (Wildman–Crippen MR) is 134 cm³/mol. The van der Waals surface area contributed by atoms with E-state index in [1.54, 1.807) is 18.2 Å². The Balaban J connectivity index is 1.47. The van der Waals surface area contributed by atoms with E-state index in [0.717, 1.165) is 22.9 Å². The van der Waals surface area contributed by atoms with Crippen molar-refractivity contribution < 1.29 is 14.3 Å². The SMILES string of the molecule is Cc1ccc(NC(=O)COc2ccccc2/C=C2\SC(=N)N(c3ccc(C)cc3)C2=O)cc1. The van der Waals surface area contributed by atoms with E-state index in [-0.39, 0.29) is 23.6 Å². The van der Waals surface area contributed by atoms with Gasteiger partial charge >= 0.3 is 0 Å². The number of hydrogen-bond acceptors (Lipinski definition) is 5. The number of hydrogen-bond donors (Lipinski definition) is 2. The maximum atomic E-state index is 13.0. The molecule has 1 aliphatic heterocycles. The van der Waals surface area contributed by atoms with E-state index >= 15 is 0 Å². The molecular weight excluding hydrogens is 434 g/mol. The summed E-state index contributed by atoms with van der Waals surface area (Å²) in [5, 5.41) is 11.2. The van der Waals surface area contributed by atoms with Gasteiger partial charge < -0.3 is 10.1 Å². The summed E-state index contributed by atoms with van der Waals surface area (Å²) in [7, 11) is 0. The third-order valence-electron chi connectivity index (χ3n) is 5.02. The number of amides is 2. The summed E-state index contributed by atoms with van der Waals surface area (Å²) in [6.07, 6.45) is 1.70. The second kappa shape index (κ2) is 9.75. The Hall–Kier alpha value is -3.84. The number of ether oxygens (including phenoxy) is 1. The molecule has 3 aromatic rings. The number of benzene rings is 3. The predicted octanol–water partition coefficient (Wildman–Crippen LogP) is 5.38. The molecule has 1 saturated heterocycles. The highest BCUT2D eigenvalue weighted by Gasteiger charge is 2.33. The van der Waals surface area contributed by atoms with Crippen molar-refractivity contribution in [2.24, 2.45) is 0 Å². The van der Waals surface area contributed by atoms with Gasteiger partial charge in [-0.25, -0.2) is 0 Å². The molecule has 7 heteroatoms. The van der Waals surface area contributed by atoms with E-state index in [1.807, 2.05) is 74.5 Å². The molecular formula is C26H23N3O3S. The zero-order valence-electron chi connectivity index (χ0n) is 18.3. The van der Waals surface area contributed by atoms with Gasteiger partial charge in [-0.3, -0.25) is 19.9 Å². The first-order valence-corrected chi connectivity index (χ1v) is 11.2. The van der Waals surface area contributed by atoms with E-state index in [2.05, 4.69) is 5.32 Å². The number of thioether (sulfide) groups is 1. The van der Waals surface area contributed by atoms with Crippen LogP contribution >= 0.6 is 11.8 Å². The highest BCUT2D eigenvalue weighted by Crippen LogP contribution is 2.36. The average molecular weight is 458 g/mol. The second-order valence-electron chi connectivity index (χ2n) is 7.63. The van der Waals surface area contributed by atoms with Gasteiger partial charge in [0.15, 0.2) is 11.8 Å². The minimum atomic E-state index is -0.278. The minimum absolute atomic E-state index is 0.144. The third-order valence-corrected chi connectivity index (χ3v) is 5.90. The fourth-order valence-electron chi connectivity index (χ4n) is 3.27. The van der Waals surface area contributed by atoms with Gasteiger partial charge in [-0.1, -0.05) is 53.6 Å². The van der Waals surface area contributed by atoms with Crippen LogP contribution in [0.1, 0.15) is 16.7 Å². The molecule has 2 amide bonds. The Morgan fingerprint density at radius 1 is 1.00 bits per heavy atom. The number of nitrogens with one attached hydrogen (secondary N) is 2. The summed E-state index contributed by atoms with van der Waals surface area (Å²) < 4.78 is 5.75. The smallest absolute Gasteiger partial charge is 0.271 e. The standard InChI is InChI=1S/C26H23N3O3S/c1-17-7-11-20(12-8-17)28-24(30)16-32-22-6-4-3-5-19(22)15-23-25(31)29(26(27)33-23)21-13-9-18(2)10-14-21/h3-15,27H,16H2,1-2H3,(H,28,30)/b23-15-,27-26?. The molecule has 0 atom stereocenters. The largest absolute Gasteiger partial charge is 0.483 e.